The van der Waals surface area contributed by atoms with Crippen molar-refractivity contribution in [1.29, 1.82) is 0 Å². The zero-order valence-electron chi connectivity index (χ0n) is 18.5. The largest absolute Gasteiger partial charge is 0.492 e. The highest BCUT2D eigenvalue weighted by Crippen LogP contribution is 2.27. The van der Waals surface area contributed by atoms with Gasteiger partial charge in [-0.2, -0.15) is 0 Å². The Morgan fingerprint density at radius 3 is 2.44 bits per heavy atom. The number of halogens is 2. The first-order valence-electron chi connectivity index (χ1n) is 11.0. The van der Waals surface area contributed by atoms with E-state index in [4.69, 9.17) is 40.2 Å². The van der Waals surface area contributed by atoms with Crippen LogP contribution in [0.25, 0.3) is 0 Å². The van der Waals surface area contributed by atoms with Gasteiger partial charge in [-0.1, -0.05) is 42.5 Å². The van der Waals surface area contributed by atoms with Gasteiger partial charge in [0.05, 0.1) is 16.5 Å². The monoisotopic (exact) mass is 543 g/mol. The molecule has 0 bridgehead atoms. The van der Waals surface area contributed by atoms with Gasteiger partial charge in [0, 0.05) is 23.2 Å². The van der Waals surface area contributed by atoms with Gasteiger partial charge in [0.1, 0.15) is 5.75 Å². The Hall–Kier alpha value is -1.91. The fourth-order valence-electron chi connectivity index (χ4n) is 3.58. The molecule has 1 amide bonds. The Kier molecular flexibility index (Phi) is 9.97. The molecule has 7 nitrogen and oxygen atoms in total. The number of sulfonamides is 1. The molecule has 3 N–H and O–H groups in total. The standard InChI is InChI=1S/C23H27Cl2N3O4S2/c24-16-8-13-21(20(25)15-16)32-14-4-7-22(29)27-23(33)26-17-9-11-19(12-10-17)34(30,31)28-18-5-2-1-3-6-18/h8-13,15,18,28H,1-7,14H2,(H2,26,27,29,33). The van der Waals surface area contributed by atoms with Crippen molar-refractivity contribution in [3.8, 4) is 5.75 Å². The minimum Gasteiger partial charge on any atom is -0.492 e. The van der Waals surface area contributed by atoms with Crippen LogP contribution in [-0.4, -0.2) is 32.1 Å². The molecule has 2 aromatic rings. The molecule has 0 unspecified atom stereocenters. The molecule has 0 heterocycles. The lowest BCUT2D eigenvalue weighted by molar-refractivity contribution is -0.119. The Balaban J connectivity index is 1.40. The van der Waals surface area contributed by atoms with E-state index in [1.165, 1.54) is 12.1 Å². The third-order valence-corrected chi connectivity index (χ3v) is 7.57. The molecule has 0 atom stereocenters. The molecule has 1 fully saturated rings. The van der Waals surface area contributed by atoms with Crippen LogP contribution in [0.15, 0.2) is 47.4 Å². The van der Waals surface area contributed by atoms with Gasteiger partial charge in [-0.25, -0.2) is 13.1 Å². The molecule has 11 heteroatoms. The lowest BCUT2D eigenvalue weighted by atomic mass is 9.96. The van der Waals surface area contributed by atoms with E-state index in [0.29, 0.717) is 34.5 Å². The number of amides is 1. The molecule has 0 spiro atoms. The van der Waals surface area contributed by atoms with E-state index in [9.17, 15) is 13.2 Å². The normalized spacial score (nSPS) is 14.4. The van der Waals surface area contributed by atoms with Crippen molar-refractivity contribution in [2.24, 2.45) is 0 Å². The van der Waals surface area contributed by atoms with Gasteiger partial charge in [0.2, 0.25) is 15.9 Å². The zero-order valence-corrected chi connectivity index (χ0v) is 21.6. The molecular formula is C23H27Cl2N3O4S2. The predicted octanol–water partition coefficient (Wildman–Crippen LogP) is 5.28. The second-order valence-electron chi connectivity index (χ2n) is 8.01. The third-order valence-electron chi connectivity index (χ3n) is 5.30. The number of carbonyl (C=O) groups excluding carboxylic acids is 1. The molecule has 0 saturated heterocycles. The van der Waals surface area contributed by atoms with Gasteiger partial charge in [-0.3, -0.25) is 4.79 Å². The van der Waals surface area contributed by atoms with Crippen molar-refractivity contribution < 1.29 is 17.9 Å². The van der Waals surface area contributed by atoms with E-state index >= 15 is 0 Å². The van der Waals surface area contributed by atoms with Crippen LogP contribution in [0.5, 0.6) is 5.75 Å². The first kappa shape index (κ1) is 26.7. The SMILES string of the molecule is O=C(CCCOc1ccc(Cl)cc1Cl)NC(=S)Nc1ccc(S(=O)(=O)NC2CCCCC2)cc1. The maximum absolute atomic E-state index is 12.6. The predicted molar refractivity (Wildman–Crippen MR) is 139 cm³/mol. The Labute approximate surface area is 215 Å². The zero-order chi connectivity index (χ0) is 24.6. The summed E-state index contributed by atoms with van der Waals surface area (Å²) >= 11 is 17.1. The number of rotatable bonds is 9. The van der Waals surface area contributed by atoms with Gasteiger partial charge in [-0.05, 0) is 73.9 Å². The fraction of sp³-hybridized carbons (Fsp3) is 0.391. The van der Waals surface area contributed by atoms with Crippen molar-refractivity contribution >= 4 is 62.2 Å². The third kappa shape index (κ3) is 8.39. The molecule has 1 aliphatic carbocycles. The molecule has 34 heavy (non-hydrogen) atoms. The topological polar surface area (TPSA) is 96.5 Å². The molecular weight excluding hydrogens is 517 g/mol. The average molecular weight is 545 g/mol. The fourth-order valence-corrected chi connectivity index (χ4v) is 5.58. The number of carbonyl (C=O) groups is 1. The van der Waals surface area contributed by atoms with E-state index in [-0.39, 0.29) is 28.4 Å². The lowest BCUT2D eigenvalue weighted by Crippen LogP contribution is -2.36. The Morgan fingerprint density at radius 1 is 1.06 bits per heavy atom. The summed E-state index contributed by atoms with van der Waals surface area (Å²) in [5.74, 6) is 0.238. The van der Waals surface area contributed by atoms with Gasteiger partial charge < -0.3 is 15.4 Å². The number of ether oxygens (including phenoxy) is 1. The highest BCUT2D eigenvalue weighted by molar-refractivity contribution is 7.89. The van der Waals surface area contributed by atoms with Crippen LogP contribution in [-0.2, 0) is 14.8 Å². The number of anilines is 1. The molecule has 1 saturated carbocycles. The number of thiocarbonyl (C=S) groups is 1. The van der Waals surface area contributed by atoms with Gasteiger partial charge in [-0.15, -0.1) is 0 Å². The molecule has 2 aromatic carbocycles. The van der Waals surface area contributed by atoms with Crippen LogP contribution < -0.4 is 20.1 Å². The summed E-state index contributed by atoms with van der Waals surface area (Å²) < 4.78 is 33.5. The molecule has 184 valence electrons. The minimum atomic E-state index is -3.57. The van der Waals surface area contributed by atoms with Crippen LogP contribution in [0.3, 0.4) is 0 Å². The van der Waals surface area contributed by atoms with Crippen molar-refractivity contribution in [2.45, 2.75) is 55.9 Å². The second kappa shape index (κ2) is 12.7. The highest BCUT2D eigenvalue weighted by atomic mass is 35.5. The summed E-state index contributed by atoms with van der Waals surface area (Å²) in [5.41, 5.74) is 0.572. The summed E-state index contributed by atoms with van der Waals surface area (Å²) in [6.07, 6.45) is 5.65. The summed E-state index contributed by atoms with van der Waals surface area (Å²) in [7, 11) is -3.57. The highest BCUT2D eigenvalue weighted by Gasteiger charge is 2.21. The van der Waals surface area contributed by atoms with E-state index in [2.05, 4.69) is 15.4 Å². The van der Waals surface area contributed by atoms with Gasteiger partial charge in [0.25, 0.3) is 0 Å². The maximum Gasteiger partial charge on any atom is 0.240 e. The molecule has 0 aromatic heterocycles. The van der Waals surface area contributed by atoms with Crippen LogP contribution >= 0.6 is 35.4 Å². The van der Waals surface area contributed by atoms with Crippen LogP contribution in [0.2, 0.25) is 10.0 Å². The number of hydrogen-bond donors (Lipinski definition) is 3. The van der Waals surface area contributed by atoms with Crippen molar-refractivity contribution in [3.05, 3.63) is 52.5 Å². The van der Waals surface area contributed by atoms with Gasteiger partial charge >= 0.3 is 0 Å². The Morgan fingerprint density at radius 2 is 1.76 bits per heavy atom. The van der Waals surface area contributed by atoms with E-state index in [0.717, 1.165) is 32.1 Å². The van der Waals surface area contributed by atoms with Crippen molar-refractivity contribution in [3.63, 3.8) is 0 Å². The first-order valence-corrected chi connectivity index (χ1v) is 13.7. The van der Waals surface area contributed by atoms with Gasteiger partial charge in [0.15, 0.2) is 5.11 Å². The average Bonchev–Trinajstić information content (AvgIpc) is 2.78. The molecule has 0 aliphatic heterocycles. The lowest BCUT2D eigenvalue weighted by Gasteiger charge is -2.22. The summed E-state index contributed by atoms with van der Waals surface area (Å²) in [6.45, 7) is 0.305. The number of hydrogen-bond acceptors (Lipinski definition) is 5. The quantitative estimate of drug-likeness (QED) is 0.294. The van der Waals surface area contributed by atoms with Crippen molar-refractivity contribution in [2.75, 3.05) is 11.9 Å². The van der Waals surface area contributed by atoms with Crippen LogP contribution in [0, 0.1) is 0 Å². The Bertz CT molecular complexity index is 1110. The number of benzene rings is 2. The van der Waals surface area contributed by atoms with E-state index < -0.39 is 10.0 Å². The summed E-state index contributed by atoms with van der Waals surface area (Å²) in [4.78, 5) is 12.3. The van der Waals surface area contributed by atoms with E-state index in [1.54, 1.807) is 30.3 Å². The molecule has 0 radical (unpaired) electrons. The second-order valence-corrected chi connectivity index (χ2v) is 11.0. The minimum absolute atomic E-state index is 0.00656. The number of nitrogens with one attached hydrogen (secondary N) is 3. The molecule has 1 aliphatic rings. The maximum atomic E-state index is 12.6. The smallest absolute Gasteiger partial charge is 0.240 e. The van der Waals surface area contributed by atoms with E-state index in [1.807, 2.05) is 0 Å². The summed E-state index contributed by atoms with van der Waals surface area (Å²) in [6, 6.07) is 11.2. The summed E-state index contributed by atoms with van der Waals surface area (Å²) in [5, 5.41) is 6.54. The molecule has 3 rings (SSSR count). The van der Waals surface area contributed by atoms with Crippen LogP contribution in [0.4, 0.5) is 5.69 Å². The van der Waals surface area contributed by atoms with Crippen molar-refractivity contribution in [1.82, 2.24) is 10.0 Å². The van der Waals surface area contributed by atoms with Crippen LogP contribution in [0.1, 0.15) is 44.9 Å². The first-order chi connectivity index (χ1) is 16.2.